The topological polar surface area (TPSA) is 87.5 Å². The number of nitrogens with one attached hydrogen (secondary N) is 2. The van der Waals surface area contributed by atoms with Crippen LogP contribution in [0.25, 0.3) is 0 Å². The molecular formula is C14H22N4O2. The average molecular weight is 278 g/mol. The molecule has 110 valence electrons. The van der Waals surface area contributed by atoms with Crippen LogP contribution in [0.4, 0.5) is 10.5 Å². The molecule has 1 aromatic rings. The van der Waals surface area contributed by atoms with Crippen LogP contribution < -0.4 is 16.4 Å². The Hall–Kier alpha value is -2.08. The highest BCUT2D eigenvalue weighted by Crippen LogP contribution is 2.11. The van der Waals surface area contributed by atoms with Crippen molar-refractivity contribution in [3.05, 3.63) is 29.8 Å². The maximum Gasteiger partial charge on any atom is 0.321 e. The van der Waals surface area contributed by atoms with E-state index in [1.165, 1.54) is 4.90 Å². The standard InChI is InChI=1S/C14H22N4O2/c1-14(2,15)9-16-12(19)10-6-5-7-11(8-10)17-13(20)18(3)4/h5-8H,9,15H2,1-4H3,(H,16,19)(H,17,20). The molecule has 1 rings (SSSR count). The van der Waals surface area contributed by atoms with Crippen molar-refractivity contribution in [3.63, 3.8) is 0 Å². The summed E-state index contributed by atoms with van der Waals surface area (Å²) in [5, 5.41) is 5.45. The van der Waals surface area contributed by atoms with Gasteiger partial charge in [-0.05, 0) is 32.0 Å². The predicted octanol–water partition coefficient (Wildman–Crippen LogP) is 1.25. The second-order valence-corrected chi connectivity index (χ2v) is 5.58. The summed E-state index contributed by atoms with van der Waals surface area (Å²) in [7, 11) is 3.30. The Kier molecular flexibility index (Phi) is 5.10. The first-order chi connectivity index (χ1) is 9.19. The van der Waals surface area contributed by atoms with E-state index in [1.807, 2.05) is 13.8 Å². The monoisotopic (exact) mass is 278 g/mol. The first-order valence-electron chi connectivity index (χ1n) is 6.34. The average Bonchev–Trinajstić information content (AvgIpc) is 2.35. The summed E-state index contributed by atoms with van der Waals surface area (Å²) in [6, 6.07) is 6.51. The summed E-state index contributed by atoms with van der Waals surface area (Å²) >= 11 is 0. The normalized spacial score (nSPS) is 10.8. The first-order valence-corrected chi connectivity index (χ1v) is 6.34. The predicted molar refractivity (Wildman–Crippen MR) is 79.7 cm³/mol. The van der Waals surface area contributed by atoms with Gasteiger partial charge in [0.05, 0.1) is 0 Å². The lowest BCUT2D eigenvalue weighted by Crippen LogP contribution is -2.45. The van der Waals surface area contributed by atoms with Crippen LogP contribution in [0.3, 0.4) is 0 Å². The molecule has 0 aliphatic carbocycles. The summed E-state index contributed by atoms with van der Waals surface area (Å²) in [5.41, 5.74) is 6.40. The number of rotatable bonds is 4. The van der Waals surface area contributed by atoms with E-state index in [9.17, 15) is 9.59 Å². The highest BCUT2D eigenvalue weighted by molar-refractivity contribution is 5.96. The molecule has 0 spiro atoms. The van der Waals surface area contributed by atoms with Crippen molar-refractivity contribution in [1.29, 1.82) is 0 Å². The molecule has 0 radical (unpaired) electrons. The molecule has 3 amide bonds. The van der Waals surface area contributed by atoms with Crippen LogP contribution in [0.15, 0.2) is 24.3 Å². The molecule has 6 heteroatoms. The van der Waals surface area contributed by atoms with Gasteiger partial charge < -0.3 is 21.3 Å². The summed E-state index contributed by atoms with van der Waals surface area (Å²) in [5.74, 6) is -0.218. The number of hydrogen-bond donors (Lipinski definition) is 3. The van der Waals surface area contributed by atoms with Crippen LogP contribution in [0.5, 0.6) is 0 Å². The van der Waals surface area contributed by atoms with Gasteiger partial charge in [-0.25, -0.2) is 4.79 Å². The number of hydrogen-bond acceptors (Lipinski definition) is 3. The number of carbonyl (C=O) groups excluding carboxylic acids is 2. The highest BCUT2D eigenvalue weighted by Gasteiger charge is 2.14. The molecule has 0 saturated heterocycles. The van der Waals surface area contributed by atoms with Crippen molar-refractivity contribution in [2.24, 2.45) is 5.73 Å². The molecule has 0 heterocycles. The second-order valence-electron chi connectivity index (χ2n) is 5.58. The minimum Gasteiger partial charge on any atom is -0.350 e. The molecule has 0 fully saturated rings. The van der Waals surface area contributed by atoms with E-state index in [-0.39, 0.29) is 11.9 Å². The van der Waals surface area contributed by atoms with E-state index in [0.717, 1.165) is 0 Å². The summed E-state index contributed by atoms with van der Waals surface area (Å²) in [6.45, 7) is 4.04. The van der Waals surface area contributed by atoms with Crippen LogP contribution >= 0.6 is 0 Å². The Morgan fingerprint density at radius 2 is 1.95 bits per heavy atom. The number of carbonyl (C=O) groups is 2. The van der Waals surface area contributed by atoms with Gasteiger partial charge >= 0.3 is 6.03 Å². The van der Waals surface area contributed by atoms with Crippen molar-refractivity contribution < 1.29 is 9.59 Å². The minimum absolute atomic E-state index is 0.218. The molecule has 0 aromatic heterocycles. The van der Waals surface area contributed by atoms with Gasteiger partial charge in [0.15, 0.2) is 0 Å². The van der Waals surface area contributed by atoms with Gasteiger partial charge in [-0.3, -0.25) is 4.79 Å². The molecule has 4 N–H and O–H groups in total. The molecule has 20 heavy (non-hydrogen) atoms. The zero-order valence-electron chi connectivity index (χ0n) is 12.4. The van der Waals surface area contributed by atoms with Gasteiger partial charge in [0.1, 0.15) is 0 Å². The Bertz CT molecular complexity index is 492. The smallest absolute Gasteiger partial charge is 0.321 e. The van der Waals surface area contributed by atoms with E-state index in [4.69, 9.17) is 5.73 Å². The SMILES string of the molecule is CN(C)C(=O)Nc1cccc(C(=O)NCC(C)(C)N)c1. The molecule has 0 bridgehead atoms. The van der Waals surface area contributed by atoms with Crippen LogP contribution in [0, 0.1) is 0 Å². The summed E-state index contributed by atoms with van der Waals surface area (Å²) in [4.78, 5) is 24.9. The van der Waals surface area contributed by atoms with Gasteiger partial charge in [-0.15, -0.1) is 0 Å². The number of benzene rings is 1. The molecular weight excluding hydrogens is 256 g/mol. The zero-order chi connectivity index (χ0) is 15.3. The Morgan fingerprint density at radius 1 is 1.30 bits per heavy atom. The Balaban J connectivity index is 2.72. The molecule has 0 aliphatic heterocycles. The largest absolute Gasteiger partial charge is 0.350 e. The number of nitrogens with zero attached hydrogens (tertiary/aromatic N) is 1. The van der Waals surface area contributed by atoms with Gasteiger partial charge in [0, 0.05) is 37.4 Å². The third-order valence-electron chi connectivity index (χ3n) is 2.49. The fraction of sp³-hybridized carbons (Fsp3) is 0.429. The molecule has 0 aliphatic rings. The lowest BCUT2D eigenvalue weighted by atomic mass is 10.1. The van der Waals surface area contributed by atoms with E-state index in [1.54, 1.807) is 38.4 Å². The fourth-order valence-electron chi connectivity index (χ4n) is 1.38. The van der Waals surface area contributed by atoms with E-state index in [2.05, 4.69) is 10.6 Å². The first kappa shape index (κ1) is 16.0. The molecule has 6 nitrogen and oxygen atoms in total. The van der Waals surface area contributed by atoms with Gasteiger partial charge in [0.25, 0.3) is 5.91 Å². The van der Waals surface area contributed by atoms with E-state index < -0.39 is 5.54 Å². The molecule has 1 aromatic carbocycles. The van der Waals surface area contributed by atoms with Crippen molar-refractivity contribution in [2.45, 2.75) is 19.4 Å². The fourth-order valence-corrected chi connectivity index (χ4v) is 1.38. The van der Waals surface area contributed by atoms with Gasteiger partial charge in [-0.1, -0.05) is 6.07 Å². The van der Waals surface area contributed by atoms with Crippen molar-refractivity contribution in [3.8, 4) is 0 Å². The highest BCUT2D eigenvalue weighted by atomic mass is 16.2. The third kappa shape index (κ3) is 5.27. The number of urea groups is 1. The maximum atomic E-state index is 12.0. The molecule has 0 saturated carbocycles. The lowest BCUT2D eigenvalue weighted by Gasteiger charge is -2.19. The number of anilines is 1. The minimum atomic E-state index is -0.466. The maximum absolute atomic E-state index is 12.0. The van der Waals surface area contributed by atoms with Crippen LogP contribution in [-0.4, -0.2) is 43.0 Å². The second kappa shape index (κ2) is 6.38. The van der Waals surface area contributed by atoms with Crippen molar-refractivity contribution in [1.82, 2.24) is 10.2 Å². The quantitative estimate of drug-likeness (QED) is 0.774. The number of nitrogens with two attached hydrogens (primary N) is 1. The Labute approximate surface area is 119 Å². The lowest BCUT2D eigenvalue weighted by molar-refractivity contribution is 0.0946. The van der Waals surface area contributed by atoms with Crippen molar-refractivity contribution >= 4 is 17.6 Å². The van der Waals surface area contributed by atoms with Gasteiger partial charge in [-0.2, -0.15) is 0 Å². The zero-order valence-corrected chi connectivity index (χ0v) is 12.4. The molecule has 0 atom stereocenters. The third-order valence-corrected chi connectivity index (χ3v) is 2.49. The van der Waals surface area contributed by atoms with Crippen molar-refractivity contribution in [2.75, 3.05) is 26.0 Å². The van der Waals surface area contributed by atoms with Crippen LogP contribution in [-0.2, 0) is 0 Å². The van der Waals surface area contributed by atoms with Crippen LogP contribution in [0.1, 0.15) is 24.2 Å². The van der Waals surface area contributed by atoms with Crippen LogP contribution in [0.2, 0.25) is 0 Å². The number of amides is 3. The van der Waals surface area contributed by atoms with E-state index in [0.29, 0.717) is 17.8 Å². The van der Waals surface area contributed by atoms with Gasteiger partial charge in [0.2, 0.25) is 0 Å². The van der Waals surface area contributed by atoms with E-state index >= 15 is 0 Å². The Morgan fingerprint density at radius 3 is 2.50 bits per heavy atom. The summed E-state index contributed by atoms with van der Waals surface area (Å²) < 4.78 is 0. The summed E-state index contributed by atoms with van der Waals surface area (Å²) in [6.07, 6.45) is 0. The molecule has 0 unspecified atom stereocenters.